The molecule has 1 saturated heterocycles. The third-order valence-electron chi connectivity index (χ3n) is 4.57. The molecule has 0 aliphatic carbocycles. The molecule has 136 valence electrons. The van der Waals surface area contributed by atoms with E-state index < -0.39 is 0 Å². The SMILES string of the molecule is Cn1ccnc1[C@H]1OCCC[C@@H]1NCc1ccc(Oc2ccccc2)o1. The van der Waals surface area contributed by atoms with Gasteiger partial charge in [0.1, 0.15) is 23.4 Å². The van der Waals surface area contributed by atoms with Gasteiger partial charge in [0.05, 0.1) is 6.54 Å². The largest absolute Gasteiger partial charge is 0.429 e. The van der Waals surface area contributed by atoms with E-state index in [2.05, 4.69) is 10.3 Å². The van der Waals surface area contributed by atoms with Crippen molar-refractivity contribution in [3.63, 3.8) is 0 Å². The Labute approximate surface area is 152 Å². The van der Waals surface area contributed by atoms with Gasteiger partial charge in [-0.2, -0.15) is 0 Å². The molecule has 6 heteroatoms. The minimum atomic E-state index is -0.0428. The number of aryl methyl sites for hydroxylation is 1. The Bertz CT molecular complexity index is 828. The van der Waals surface area contributed by atoms with Crippen molar-refractivity contribution < 1.29 is 13.9 Å². The first kappa shape index (κ1) is 16.9. The molecule has 1 aliphatic heterocycles. The van der Waals surface area contributed by atoms with Gasteiger partial charge in [-0.1, -0.05) is 18.2 Å². The summed E-state index contributed by atoms with van der Waals surface area (Å²) in [5.74, 6) is 3.04. The minimum absolute atomic E-state index is 0.0428. The lowest BCUT2D eigenvalue weighted by Crippen LogP contribution is -2.40. The lowest BCUT2D eigenvalue weighted by molar-refractivity contribution is -0.0182. The summed E-state index contributed by atoms with van der Waals surface area (Å²) in [5, 5.41) is 3.55. The molecular formula is C20H23N3O3. The highest BCUT2D eigenvalue weighted by Gasteiger charge is 2.30. The summed E-state index contributed by atoms with van der Waals surface area (Å²) >= 11 is 0. The average molecular weight is 353 g/mol. The molecule has 0 radical (unpaired) electrons. The Balaban J connectivity index is 1.38. The van der Waals surface area contributed by atoms with E-state index in [0.29, 0.717) is 12.5 Å². The van der Waals surface area contributed by atoms with Gasteiger partial charge in [0.15, 0.2) is 0 Å². The number of furan rings is 1. The van der Waals surface area contributed by atoms with Crippen LogP contribution in [0, 0.1) is 0 Å². The van der Waals surface area contributed by atoms with E-state index in [-0.39, 0.29) is 12.1 Å². The summed E-state index contributed by atoms with van der Waals surface area (Å²) < 4.78 is 19.5. The lowest BCUT2D eigenvalue weighted by Gasteiger charge is -2.31. The zero-order valence-electron chi connectivity index (χ0n) is 14.8. The Morgan fingerprint density at radius 1 is 1.23 bits per heavy atom. The molecule has 1 fully saturated rings. The number of nitrogens with zero attached hydrogens (tertiary/aromatic N) is 2. The predicted octanol–water partition coefficient (Wildman–Crippen LogP) is 3.82. The van der Waals surface area contributed by atoms with Crippen LogP contribution < -0.4 is 10.1 Å². The summed E-state index contributed by atoms with van der Waals surface area (Å²) in [5.41, 5.74) is 0. The number of ether oxygens (including phenoxy) is 2. The molecular weight excluding hydrogens is 330 g/mol. The molecule has 0 bridgehead atoms. The van der Waals surface area contributed by atoms with E-state index in [0.717, 1.165) is 36.8 Å². The first-order chi connectivity index (χ1) is 12.8. The number of hydrogen-bond acceptors (Lipinski definition) is 5. The van der Waals surface area contributed by atoms with Crippen molar-refractivity contribution >= 4 is 0 Å². The van der Waals surface area contributed by atoms with Crippen LogP contribution in [0.25, 0.3) is 0 Å². The molecule has 26 heavy (non-hydrogen) atoms. The fraction of sp³-hybridized carbons (Fsp3) is 0.350. The van der Waals surface area contributed by atoms with Gasteiger partial charge in [0.2, 0.25) is 0 Å². The molecule has 1 aliphatic rings. The summed E-state index contributed by atoms with van der Waals surface area (Å²) in [7, 11) is 2.00. The second-order valence-electron chi connectivity index (χ2n) is 6.45. The van der Waals surface area contributed by atoms with Crippen LogP contribution in [-0.2, 0) is 18.3 Å². The Hall–Kier alpha value is -2.57. The van der Waals surface area contributed by atoms with Crippen molar-refractivity contribution in [2.24, 2.45) is 7.05 Å². The second kappa shape index (κ2) is 7.76. The van der Waals surface area contributed by atoms with Gasteiger partial charge in [0.25, 0.3) is 5.95 Å². The lowest BCUT2D eigenvalue weighted by atomic mass is 10.0. The molecule has 1 aromatic carbocycles. The fourth-order valence-corrected chi connectivity index (χ4v) is 3.24. The number of imidazole rings is 1. The molecule has 2 aromatic heterocycles. The average Bonchev–Trinajstić information content (AvgIpc) is 3.30. The van der Waals surface area contributed by atoms with Crippen LogP contribution in [-0.4, -0.2) is 22.2 Å². The van der Waals surface area contributed by atoms with Crippen molar-refractivity contribution in [2.75, 3.05) is 6.61 Å². The molecule has 0 unspecified atom stereocenters. The molecule has 0 saturated carbocycles. The zero-order valence-corrected chi connectivity index (χ0v) is 14.8. The Morgan fingerprint density at radius 2 is 2.12 bits per heavy atom. The van der Waals surface area contributed by atoms with Gasteiger partial charge in [-0.25, -0.2) is 4.98 Å². The molecule has 3 heterocycles. The van der Waals surface area contributed by atoms with Crippen LogP contribution in [0.4, 0.5) is 0 Å². The standard InChI is InChI=1S/C20H23N3O3/c1-23-12-11-21-20(23)19-17(8-5-13-24-19)22-14-16-9-10-18(26-16)25-15-6-3-2-4-7-15/h2-4,6-7,9-12,17,19,22H,5,8,13-14H2,1H3/t17-,19-/m0/s1. The van der Waals surface area contributed by atoms with E-state index in [1.54, 1.807) is 0 Å². The monoisotopic (exact) mass is 353 g/mol. The van der Waals surface area contributed by atoms with Gasteiger partial charge in [-0.3, -0.25) is 0 Å². The van der Waals surface area contributed by atoms with Crippen LogP contribution in [0.1, 0.15) is 30.5 Å². The Kier molecular flexibility index (Phi) is 5.04. The van der Waals surface area contributed by atoms with Crippen molar-refractivity contribution in [2.45, 2.75) is 31.5 Å². The van der Waals surface area contributed by atoms with E-state index in [1.165, 1.54) is 0 Å². The topological polar surface area (TPSA) is 61.5 Å². The first-order valence-corrected chi connectivity index (χ1v) is 8.93. The highest BCUT2D eigenvalue weighted by atomic mass is 16.6. The third-order valence-corrected chi connectivity index (χ3v) is 4.57. The normalized spacial score (nSPS) is 20.2. The Morgan fingerprint density at radius 3 is 2.92 bits per heavy atom. The quantitative estimate of drug-likeness (QED) is 0.730. The third kappa shape index (κ3) is 3.81. The van der Waals surface area contributed by atoms with Crippen molar-refractivity contribution in [1.29, 1.82) is 0 Å². The summed E-state index contributed by atoms with van der Waals surface area (Å²) in [4.78, 5) is 4.45. The van der Waals surface area contributed by atoms with Crippen molar-refractivity contribution in [3.05, 3.63) is 66.4 Å². The van der Waals surface area contributed by atoms with E-state index >= 15 is 0 Å². The van der Waals surface area contributed by atoms with E-state index in [4.69, 9.17) is 13.9 Å². The van der Waals surface area contributed by atoms with Gasteiger partial charge in [-0.05, 0) is 31.0 Å². The smallest absolute Gasteiger partial charge is 0.290 e. The summed E-state index contributed by atoms with van der Waals surface area (Å²) in [6, 6.07) is 13.6. The number of hydrogen-bond donors (Lipinski definition) is 1. The van der Waals surface area contributed by atoms with Crippen molar-refractivity contribution in [3.8, 4) is 11.7 Å². The molecule has 1 N–H and O–H groups in total. The van der Waals surface area contributed by atoms with Crippen LogP contribution >= 0.6 is 0 Å². The number of rotatable bonds is 6. The van der Waals surface area contributed by atoms with Crippen LogP contribution in [0.3, 0.4) is 0 Å². The van der Waals surface area contributed by atoms with Crippen LogP contribution in [0.5, 0.6) is 11.7 Å². The van der Waals surface area contributed by atoms with Gasteiger partial charge < -0.3 is 23.8 Å². The number of aromatic nitrogens is 2. The molecule has 0 amide bonds. The number of nitrogens with one attached hydrogen (secondary N) is 1. The maximum absolute atomic E-state index is 5.99. The molecule has 3 aromatic rings. The maximum Gasteiger partial charge on any atom is 0.290 e. The molecule has 4 rings (SSSR count). The first-order valence-electron chi connectivity index (χ1n) is 8.93. The van der Waals surface area contributed by atoms with Gasteiger partial charge in [-0.15, -0.1) is 0 Å². The summed E-state index contributed by atoms with van der Waals surface area (Å²) in [6.07, 6.45) is 5.80. The number of benzene rings is 1. The second-order valence-corrected chi connectivity index (χ2v) is 6.45. The number of para-hydroxylation sites is 1. The summed E-state index contributed by atoms with van der Waals surface area (Å²) in [6.45, 7) is 1.39. The van der Waals surface area contributed by atoms with E-state index in [1.807, 2.05) is 66.5 Å². The molecule has 6 nitrogen and oxygen atoms in total. The van der Waals surface area contributed by atoms with Gasteiger partial charge >= 0.3 is 0 Å². The molecule has 0 spiro atoms. The predicted molar refractivity (Wildman–Crippen MR) is 97.0 cm³/mol. The highest BCUT2D eigenvalue weighted by Crippen LogP contribution is 2.28. The van der Waals surface area contributed by atoms with Crippen LogP contribution in [0.2, 0.25) is 0 Å². The van der Waals surface area contributed by atoms with E-state index in [9.17, 15) is 0 Å². The van der Waals surface area contributed by atoms with Gasteiger partial charge in [0, 0.05) is 38.2 Å². The van der Waals surface area contributed by atoms with Crippen LogP contribution in [0.15, 0.2) is 59.3 Å². The fourth-order valence-electron chi connectivity index (χ4n) is 3.24. The molecule has 2 atom stereocenters. The minimum Gasteiger partial charge on any atom is -0.429 e. The maximum atomic E-state index is 5.99. The zero-order chi connectivity index (χ0) is 17.8. The highest BCUT2D eigenvalue weighted by molar-refractivity contribution is 5.26. The van der Waals surface area contributed by atoms with Crippen molar-refractivity contribution in [1.82, 2.24) is 14.9 Å².